The highest BCUT2D eigenvalue weighted by Crippen LogP contribution is 2.18. The monoisotopic (exact) mass is 328 g/mol. The molecular weight excluding hydrogens is 304 g/mol. The van der Waals surface area contributed by atoms with Crippen LogP contribution in [0.1, 0.15) is 40.4 Å². The zero-order valence-electron chi connectivity index (χ0n) is 14.4. The second-order valence-electron chi connectivity index (χ2n) is 6.92. The highest BCUT2D eigenvalue weighted by atomic mass is 16.2. The van der Waals surface area contributed by atoms with Crippen LogP contribution < -0.4 is 0 Å². The van der Waals surface area contributed by atoms with Crippen LogP contribution in [-0.2, 0) is 26.2 Å². The Morgan fingerprint density at radius 1 is 0.958 bits per heavy atom. The van der Waals surface area contributed by atoms with Crippen molar-refractivity contribution >= 4 is 5.91 Å². The van der Waals surface area contributed by atoms with Gasteiger partial charge in [-0.1, -0.05) is 0 Å². The van der Waals surface area contributed by atoms with Crippen LogP contribution in [0.3, 0.4) is 0 Å². The summed E-state index contributed by atoms with van der Waals surface area (Å²) in [6.07, 6.45) is 2.00. The molecule has 0 bridgehead atoms. The van der Waals surface area contributed by atoms with Gasteiger partial charge in [0.05, 0.1) is 23.6 Å². The van der Waals surface area contributed by atoms with E-state index in [1.165, 1.54) is 0 Å². The molecule has 4 rings (SSSR count). The molecule has 7 nitrogen and oxygen atoms in total. The molecule has 0 saturated carbocycles. The number of carbonyl (C=O) groups is 1. The predicted octanol–water partition coefficient (Wildman–Crippen LogP) is 1.27. The molecule has 0 aromatic carbocycles. The van der Waals surface area contributed by atoms with Gasteiger partial charge >= 0.3 is 0 Å². The summed E-state index contributed by atoms with van der Waals surface area (Å²) in [6, 6.07) is 4.04. The predicted molar refractivity (Wildman–Crippen MR) is 89.5 cm³/mol. The van der Waals surface area contributed by atoms with Gasteiger partial charge in [0.2, 0.25) is 0 Å². The molecule has 2 aromatic rings. The summed E-state index contributed by atoms with van der Waals surface area (Å²) in [5.74, 6) is 0.0329. The van der Waals surface area contributed by atoms with E-state index in [1.807, 2.05) is 27.3 Å². The Bertz CT molecular complexity index is 761. The minimum atomic E-state index is 0.0329. The number of carbonyl (C=O) groups excluding carboxylic acids is 1. The number of fused-ring (bicyclic) bond motifs is 2. The molecule has 0 atom stereocenters. The van der Waals surface area contributed by atoms with Crippen molar-refractivity contribution in [3.05, 3.63) is 34.9 Å². The normalized spacial score (nSPS) is 18.7. The number of nitrogens with zero attached hydrogens (tertiary/aromatic N) is 6. The van der Waals surface area contributed by atoms with E-state index < -0.39 is 0 Å². The Morgan fingerprint density at radius 3 is 2.50 bits per heavy atom. The third kappa shape index (κ3) is 2.84. The molecule has 0 aliphatic carbocycles. The number of hydrogen-bond donors (Lipinski definition) is 0. The van der Waals surface area contributed by atoms with E-state index >= 15 is 0 Å². The van der Waals surface area contributed by atoms with E-state index in [4.69, 9.17) is 0 Å². The van der Waals surface area contributed by atoms with Gasteiger partial charge in [0.15, 0.2) is 5.69 Å². The molecule has 2 aromatic heterocycles. The third-order valence-corrected chi connectivity index (χ3v) is 4.85. The number of amides is 1. The maximum atomic E-state index is 13.0. The molecule has 1 amide bonds. The van der Waals surface area contributed by atoms with Crippen LogP contribution in [0, 0.1) is 6.92 Å². The first-order chi connectivity index (χ1) is 11.6. The van der Waals surface area contributed by atoms with Crippen molar-refractivity contribution in [3.63, 3.8) is 0 Å². The van der Waals surface area contributed by atoms with Gasteiger partial charge in [0.25, 0.3) is 5.91 Å². The summed E-state index contributed by atoms with van der Waals surface area (Å²) in [5.41, 5.74) is 3.83. The van der Waals surface area contributed by atoms with Crippen molar-refractivity contribution in [2.24, 2.45) is 0 Å². The smallest absolute Gasteiger partial charge is 0.274 e. The van der Waals surface area contributed by atoms with E-state index in [0.29, 0.717) is 12.2 Å². The molecule has 7 heteroatoms. The van der Waals surface area contributed by atoms with Crippen LogP contribution in [0.5, 0.6) is 0 Å². The molecule has 0 unspecified atom stereocenters. The quantitative estimate of drug-likeness (QED) is 0.791. The van der Waals surface area contributed by atoms with Crippen LogP contribution in [0.4, 0.5) is 0 Å². The molecule has 4 heterocycles. The van der Waals surface area contributed by atoms with Gasteiger partial charge in [-0.15, -0.1) is 0 Å². The topological polar surface area (TPSA) is 59.2 Å². The van der Waals surface area contributed by atoms with Crippen LogP contribution in [0.25, 0.3) is 0 Å². The summed E-state index contributed by atoms with van der Waals surface area (Å²) < 4.78 is 4.03. The maximum Gasteiger partial charge on any atom is 0.274 e. The Kier molecular flexibility index (Phi) is 3.88. The van der Waals surface area contributed by atoms with Crippen molar-refractivity contribution in [1.82, 2.24) is 29.4 Å². The largest absolute Gasteiger partial charge is 0.331 e. The Labute approximate surface area is 141 Å². The molecule has 0 radical (unpaired) electrons. The van der Waals surface area contributed by atoms with E-state index in [1.54, 1.807) is 0 Å². The zero-order chi connectivity index (χ0) is 16.7. The van der Waals surface area contributed by atoms with Crippen molar-refractivity contribution in [2.75, 3.05) is 20.1 Å². The van der Waals surface area contributed by atoms with Crippen LogP contribution in [-0.4, -0.2) is 55.4 Å². The van der Waals surface area contributed by atoms with E-state index in [2.05, 4.69) is 28.2 Å². The van der Waals surface area contributed by atoms with Gasteiger partial charge in [-0.3, -0.25) is 14.2 Å². The van der Waals surface area contributed by atoms with Crippen LogP contribution in [0.15, 0.2) is 12.1 Å². The lowest BCUT2D eigenvalue weighted by molar-refractivity contribution is 0.0738. The number of aromatic nitrogens is 4. The molecule has 0 spiro atoms. The molecule has 2 aliphatic heterocycles. The average Bonchev–Trinajstić information content (AvgIpc) is 2.97. The average molecular weight is 328 g/mol. The van der Waals surface area contributed by atoms with Crippen LogP contribution >= 0.6 is 0 Å². The number of hydrogen-bond acceptors (Lipinski definition) is 4. The lowest BCUT2D eigenvalue weighted by Crippen LogP contribution is -2.31. The van der Waals surface area contributed by atoms with Gasteiger partial charge < -0.3 is 9.80 Å². The molecule has 0 saturated heterocycles. The minimum Gasteiger partial charge on any atom is -0.331 e. The summed E-state index contributed by atoms with van der Waals surface area (Å²) in [7, 11) is 2.11. The summed E-state index contributed by atoms with van der Waals surface area (Å²) in [4.78, 5) is 17.1. The van der Waals surface area contributed by atoms with Gasteiger partial charge in [-0.25, -0.2) is 0 Å². The molecule has 128 valence electrons. The molecular formula is C17H24N6O. The van der Waals surface area contributed by atoms with Gasteiger partial charge in [-0.05, 0) is 38.9 Å². The molecule has 24 heavy (non-hydrogen) atoms. The highest BCUT2D eigenvalue weighted by Gasteiger charge is 2.25. The van der Waals surface area contributed by atoms with Crippen molar-refractivity contribution in [3.8, 4) is 0 Å². The summed E-state index contributed by atoms with van der Waals surface area (Å²) in [6.45, 7) is 7.05. The van der Waals surface area contributed by atoms with Gasteiger partial charge in [0.1, 0.15) is 0 Å². The van der Waals surface area contributed by atoms with Crippen molar-refractivity contribution in [2.45, 2.75) is 45.9 Å². The fourth-order valence-electron chi connectivity index (χ4n) is 3.67. The van der Waals surface area contributed by atoms with Crippen molar-refractivity contribution in [1.29, 1.82) is 0 Å². The Hall–Kier alpha value is -2.15. The fourth-order valence-corrected chi connectivity index (χ4v) is 3.67. The first kappa shape index (κ1) is 15.4. The minimum absolute atomic E-state index is 0.0329. The van der Waals surface area contributed by atoms with E-state index in [0.717, 1.165) is 62.6 Å². The van der Waals surface area contributed by atoms with Gasteiger partial charge in [0, 0.05) is 32.7 Å². The lowest BCUT2D eigenvalue weighted by atomic mass is 10.2. The van der Waals surface area contributed by atoms with Gasteiger partial charge in [-0.2, -0.15) is 10.2 Å². The third-order valence-electron chi connectivity index (χ3n) is 4.85. The van der Waals surface area contributed by atoms with E-state index in [9.17, 15) is 4.79 Å². The van der Waals surface area contributed by atoms with Crippen molar-refractivity contribution < 1.29 is 4.79 Å². The zero-order valence-corrected chi connectivity index (χ0v) is 14.4. The Morgan fingerprint density at radius 2 is 1.67 bits per heavy atom. The lowest BCUT2D eigenvalue weighted by Gasteiger charge is -2.18. The summed E-state index contributed by atoms with van der Waals surface area (Å²) in [5, 5.41) is 9.09. The van der Waals surface area contributed by atoms with Crippen LogP contribution in [0.2, 0.25) is 0 Å². The first-order valence-electron chi connectivity index (χ1n) is 8.68. The van der Waals surface area contributed by atoms with E-state index in [-0.39, 0.29) is 5.91 Å². The SMILES string of the molecule is Cc1cc2n(n1)CCCN(C(=O)c1cc3n(n1)CCCN(C)C3)C2. The summed E-state index contributed by atoms with van der Waals surface area (Å²) >= 11 is 0. The maximum absolute atomic E-state index is 13.0. The highest BCUT2D eigenvalue weighted by molar-refractivity contribution is 5.92. The fraction of sp³-hybridized carbons (Fsp3) is 0.588. The second kappa shape index (κ2) is 6.05. The molecule has 0 fully saturated rings. The second-order valence-corrected chi connectivity index (χ2v) is 6.92. The Balaban J connectivity index is 1.56. The number of rotatable bonds is 1. The number of aryl methyl sites for hydroxylation is 3. The molecule has 2 aliphatic rings. The standard InChI is InChI=1S/C17H24N6O/c1-13-9-14-12-21(6-4-8-22(14)18-13)17(24)16-10-15-11-20(2)5-3-7-23(15)19-16/h9-10H,3-8,11-12H2,1-2H3. The molecule has 0 N–H and O–H groups in total. The first-order valence-corrected chi connectivity index (χ1v) is 8.68.